The van der Waals surface area contributed by atoms with Crippen LogP contribution < -0.4 is 60.9 Å². The quantitative estimate of drug-likeness (QED) is 0.108. The number of hydrogen-bond donors (Lipinski definition) is 0. The Morgan fingerprint density at radius 1 is 1.08 bits per heavy atom. The summed E-state index contributed by atoms with van der Waals surface area (Å²) < 4.78 is 12.8. The van der Waals surface area contributed by atoms with Crippen LogP contribution in [-0.4, -0.2) is 43.1 Å². The van der Waals surface area contributed by atoms with Crippen LogP contribution in [0.2, 0.25) is 11.8 Å². The Balaban J connectivity index is 0.000000975. The topological polar surface area (TPSA) is 38.8 Å². The summed E-state index contributed by atoms with van der Waals surface area (Å²) in [6, 6.07) is 17.1. The molecule has 0 bridgehead atoms. The van der Waals surface area contributed by atoms with Crippen LogP contribution in [0.4, 0.5) is 0 Å². The van der Waals surface area contributed by atoms with E-state index < -0.39 is 0 Å². The van der Waals surface area contributed by atoms with Crippen molar-refractivity contribution in [2.75, 3.05) is 19.7 Å². The Morgan fingerprint density at radius 2 is 1.76 bits per heavy atom. The molecule has 1 atom stereocenters. The molecule has 7 heteroatoms. The first-order valence-corrected chi connectivity index (χ1v) is 17.9. The van der Waals surface area contributed by atoms with Crippen molar-refractivity contribution in [1.82, 2.24) is 4.90 Å². The van der Waals surface area contributed by atoms with Gasteiger partial charge < -0.3 is 28.6 Å². The number of aryl methyl sites for hydroxylation is 1. The number of carbonyl (C=O) groups is 1. The van der Waals surface area contributed by atoms with Gasteiger partial charge in [0.15, 0.2) is 7.28 Å². The number of rotatable bonds is 12. The third kappa shape index (κ3) is 12.7. The molecule has 1 aliphatic carbocycles. The Labute approximate surface area is 348 Å². The molecule has 1 radical (unpaired) electrons. The van der Waals surface area contributed by atoms with Crippen LogP contribution in [-0.2, 0) is 17.6 Å². The second-order valence-corrected chi connectivity index (χ2v) is 13.6. The zero-order valence-corrected chi connectivity index (χ0v) is 35.9. The summed E-state index contributed by atoms with van der Waals surface area (Å²) in [5.41, 5.74) is 9.01. The van der Waals surface area contributed by atoms with Gasteiger partial charge in [-0.05, 0) is 80.3 Å². The Kier molecular flexibility index (Phi) is 21.1. The summed E-state index contributed by atoms with van der Waals surface area (Å²) in [4.78, 5) is 12.6. The van der Waals surface area contributed by atoms with Crippen LogP contribution in [0, 0.1) is 28.2 Å². The molecule has 263 valence electrons. The third-order valence-electron chi connectivity index (χ3n) is 9.08. The van der Waals surface area contributed by atoms with E-state index in [2.05, 4.69) is 103 Å². The molecule has 0 spiro atoms. The van der Waals surface area contributed by atoms with Gasteiger partial charge in [0, 0.05) is 23.7 Å². The SMILES string of the molecule is CCC.[CH2-]CC(=O)[B]C.[CH2-]c1cc(Cl)c(O[C@H]2CCc3c(-c4cccc(OCCCN5CCC5(C)C)c4C)cccc32)cc1CCC.[CH3-].[K+]. The molecular formula is C42H59BClKNO3-2. The summed E-state index contributed by atoms with van der Waals surface area (Å²) in [5, 5.41) is 0.637. The first kappa shape index (κ1) is 45.8. The van der Waals surface area contributed by atoms with Crippen LogP contribution >= 0.6 is 11.6 Å². The Hall–Kier alpha value is -1.25. The molecule has 3 aromatic rings. The first-order chi connectivity index (χ1) is 22.5. The number of ether oxygens (including phenoxy) is 2. The van der Waals surface area contributed by atoms with Crippen LogP contribution in [0.5, 0.6) is 11.5 Å². The van der Waals surface area contributed by atoms with E-state index in [1.54, 1.807) is 6.82 Å². The maximum absolute atomic E-state index is 10.1. The molecule has 0 N–H and O–H groups in total. The summed E-state index contributed by atoms with van der Waals surface area (Å²) >= 11 is 6.59. The number of likely N-dealkylation sites (tertiary alicyclic amines) is 1. The molecule has 1 aliphatic heterocycles. The van der Waals surface area contributed by atoms with E-state index in [1.807, 2.05) is 6.07 Å². The number of carbonyl (C=O) groups excluding carboxylic acids is 1. The predicted octanol–water partition coefficient (Wildman–Crippen LogP) is 8.13. The Morgan fingerprint density at radius 3 is 2.33 bits per heavy atom. The number of benzene rings is 3. The van der Waals surface area contributed by atoms with E-state index in [9.17, 15) is 4.79 Å². The molecule has 0 aromatic heterocycles. The van der Waals surface area contributed by atoms with Crippen LogP contribution in [0.25, 0.3) is 11.1 Å². The van der Waals surface area contributed by atoms with Crippen molar-refractivity contribution in [2.24, 2.45) is 0 Å². The number of fused-ring (bicyclic) bond motifs is 1. The molecule has 0 saturated carbocycles. The molecule has 5 rings (SSSR count). The van der Waals surface area contributed by atoms with Crippen LogP contribution in [0.1, 0.15) is 107 Å². The molecule has 0 amide bonds. The van der Waals surface area contributed by atoms with E-state index in [4.69, 9.17) is 21.1 Å². The maximum atomic E-state index is 10.1. The fourth-order valence-corrected chi connectivity index (χ4v) is 6.38. The minimum atomic E-state index is -0.00177. The van der Waals surface area contributed by atoms with Crippen LogP contribution in [0.15, 0.2) is 48.5 Å². The summed E-state index contributed by atoms with van der Waals surface area (Å²) in [6.07, 6.45) is 7.94. The van der Waals surface area contributed by atoms with E-state index in [0.717, 1.165) is 62.3 Å². The van der Waals surface area contributed by atoms with Gasteiger partial charge in [0.05, 0.1) is 12.3 Å². The molecule has 49 heavy (non-hydrogen) atoms. The van der Waals surface area contributed by atoms with Crippen molar-refractivity contribution < 1.29 is 65.7 Å². The van der Waals surface area contributed by atoms with Crippen molar-refractivity contribution in [3.05, 3.63) is 103 Å². The molecule has 3 aromatic carbocycles. The van der Waals surface area contributed by atoms with Crippen molar-refractivity contribution in [1.29, 1.82) is 0 Å². The van der Waals surface area contributed by atoms with Crippen molar-refractivity contribution in [2.45, 2.75) is 111 Å². The molecule has 4 nitrogen and oxygen atoms in total. The fraction of sp³-hybridized carbons (Fsp3) is 0.476. The molecule has 1 fully saturated rings. The number of hydrogen-bond acceptors (Lipinski definition) is 4. The van der Waals surface area contributed by atoms with Gasteiger partial charge in [0.1, 0.15) is 17.6 Å². The summed E-state index contributed by atoms with van der Waals surface area (Å²) in [7, 11) is 1.52. The minimum Gasteiger partial charge on any atom is -0.493 e. The maximum Gasteiger partial charge on any atom is 1.00 e. The standard InChI is InChI=1S/C34H41ClNO2.C4H7BO.C3H8.CH3.K/c1-6-10-25-22-33(30(35)21-23(25)2)38-32-16-15-28-27(12-7-13-29(28)32)26-11-8-14-31(24(26)3)37-20-9-18-36-19-17-34(36,4)5;1-3-4(6)5-2;1-3-2;;/h7-8,11-14,21-22,32H,2,6,9-10,15-20H2,1,3-5H3;1,3H2,2H3;3H2,1-2H3;1H3;/q2*-1;;-1;+1/t32-;;;;/m0..../s1. The predicted molar refractivity (Wildman–Crippen MR) is 208 cm³/mol. The summed E-state index contributed by atoms with van der Waals surface area (Å²) in [6.45, 7) is 25.6. The molecule has 1 saturated heterocycles. The van der Waals surface area contributed by atoms with Gasteiger partial charge in [0.2, 0.25) is 0 Å². The minimum absolute atomic E-state index is 0. The van der Waals surface area contributed by atoms with Gasteiger partial charge in [0.25, 0.3) is 0 Å². The first-order valence-electron chi connectivity index (χ1n) is 17.5. The van der Waals surface area contributed by atoms with Gasteiger partial charge in [-0.3, -0.25) is 4.90 Å². The summed E-state index contributed by atoms with van der Waals surface area (Å²) in [5.74, 6) is 1.75. The second-order valence-electron chi connectivity index (χ2n) is 13.2. The van der Waals surface area contributed by atoms with Crippen molar-refractivity contribution in [3.63, 3.8) is 0 Å². The number of nitrogens with zero attached hydrogens (tertiary/aromatic N) is 1. The smallest absolute Gasteiger partial charge is 0.493 e. The van der Waals surface area contributed by atoms with Crippen molar-refractivity contribution in [3.8, 4) is 22.6 Å². The van der Waals surface area contributed by atoms with E-state index in [0.29, 0.717) is 17.0 Å². The third-order valence-corrected chi connectivity index (χ3v) is 9.38. The average molecular weight is 711 g/mol. The van der Waals surface area contributed by atoms with Gasteiger partial charge in [-0.2, -0.15) is 12.5 Å². The molecule has 0 unspecified atom stereocenters. The molecular weight excluding hydrogens is 652 g/mol. The average Bonchev–Trinajstić information content (AvgIpc) is 3.46. The fourth-order valence-electron chi connectivity index (χ4n) is 6.15. The van der Waals surface area contributed by atoms with Gasteiger partial charge in [-0.25, -0.2) is 0 Å². The van der Waals surface area contributed by atoms with E-state index >= 15 is 0 Å². The van der Waals surface area contributed by atoms with E-state index in [1.165, 1.54) is 60.0 Å². The second kappa shape index (κ2) is 22.6. The van der Waals surface area contributed by atoms with E-state index in [-0.39, 0.29) is 70.6 Å². The van der Waals surface area contributed by atoms with Gasteiger partial charge in [-0.15, -0.1) is 18.1 Å². The normalized spacial score (nSPS) is 15.4. The number of halogens is 1. The molecule has 2 aliphatic rings. The van der Waals surface area contributed by atoms with Gasteiger partial charge in [-0.1, -0.05) is 94.9 Å². The monoisotopic (exact) mass is 710 g/mol. The zero-order valence-electron chi connectivity index (χ0n) is 32.0. The largest absolute Gasteiger partial charge is 1.00 e. The van der Waals surface area contributed by atoms with Gasteiger partial charge >= 0.3 is 51.4 Å². The zero-order chi connectivity index (χ0) is 34.6. The van der Waals surface area contributed by atoms with Crippen molar-refractivity contribution >= 4 is 24.6 Å². The molecule has 1 heterocycles. The van der Waals surface area contributed by atoms with Crippen LogP contribution in [0.3, 0.4) is 0 Å². The Bertz CT molecular complexity index is 1450.